The number of nitro groups is 1. The topological polar surface area (TPSA) is 108 Å². The lowest BCUT2D eigenvalue weighted by Crippen LogP contribution is -2.21. The fourth-order valence-electron chi connectivity index (χ4n) is 2.86. The Labute approximate surface area is 182 Å². The molecular weight excluding hydrogens is 420 g/mol. The number of esters is 1. The summed E-state index contributed by atoms with van der Waals surface area (Å²) in [5.74, 6) is -0.711. The van der Waals surface area contributed by atoms with Crippen LogP contribution >= 0.6 is 11.3 Å². The van der Waals surface area contributed by atoms with Crippen molar-refractivity contribution in [1.82, 2.24) is 0 Å². The smallest absolute Gasteiger partial charge is 0.341 e. The molecule has 0 aliphatic heterocycles. The molecule has 1 N–H and O–H groups in total. The van der Waals surface area contributed by atoms with E-state index in [0.29, 0.717) is 16.3 Å². The number of methoxy groups -OCH3 is 1. The van der Waals surface area contributed by atoms with Gasteiger partial charge in [-0.1, -0.05) is 31.2 Å². The van der Waals surface area contributed by atoms with E-state index in [4.69, 9.17) is 9.47 Å². The van der Waals surface area contributed by atoms with Crippen molar-refractivity contribution in [3.05, 3.63) is 75.2 Å². The van der Waals surface area contributed by atoms with Crippen molar-refractivity contribution >= 4 is 33.9 Å². The number of aryl methyl sites for hydroxylation is 1. The number of amides is 1. The summed E-state index contributed by atoms with van der Waals surface area (Å²) < 4.78 is 10.3. The van der Waals surface area contributed by atoms with Gasteiger partial charge in [0.05, 0.1) is 12.0 Å². The molecule has 0 unspecified atom stereocenters. The maximum atomic E-state index is 12.4. The molecule has 160 valence electrons. The van der Waals surface area contributed by atoms with E-state index in [0.717, 1.165) is 12.0 Å². The number of ether oxygens (including phenoxy) is 2. The van der Waals surface area contributed by atoms with Crippen LogP contribution in [0.1, 0.15) is 22.8 Å². The third-order valence-corrected chi connectivity index (χ3v) is 5.42. The van der Waals surface area contributed by atoms with Gasteiger partial charge in [0, 0.05) is 23.1 Å². The quantitative estimate of drug-likeness (QED) is 0.309. The van der Waals surface area contributed by atoms with E-state index < -0.39 is 16.8 Å². The molecule has 2 aromatic carbocycles. The zero-order valence-electron chi connectivity index (χ0n) is 16.9. The Hall–Kier alpha value is -3.72. The summed E-state index contributed by atoms with van der Waals surface area (Å²) in [6.45, 7) is 1.74. The van der Waals surface area contributed by atoms with Crippen molar-refractivity contribution in [1.29, 1.82) is 0 Å². The molecule has 0 atom stereocenters. The number of carbonyl (C=O) groups is 2. The minimum atomic E-state index is -0.553. The van der Waals surface area contributed by atoms with E-state index in [1.165, 1.54) is 48.3 Å². The van der Waals surface area contributed by atoms with Crippen molar-refractivity contribution in [2.75, 3.05) is 19.0 Å². The predicted octanol–water partition coefficient (Wildman–Crippen LogP) is 4.69. The third kappa shape index (κ3) is 5.26. The molecule has 0 saturated carbocycles. The normalized spacial score (nSPS) is 10.4. The summed E-state index contributed by atoms with van der Waals surface area (Å²) in [7, 11) is 1.28. The zero-order chi connectivity index (χ0) is 22.4. The van der Waals surface area contributed by atoms with Crippen molar-refractivity contribution in [3.63, 3.8) is 0 Å². The lowest BCUT2D eigenvalue weighted by Gasteiger charge is -2.09. The van der Waals surface area contributed by atoms with Gasteiger partial charge in [-0.25, -0.2) is 4.79 Å². The van der Waals surface area contributed by atoms with E-state index in [9.17, 15) is 19.7 Å². The van der Waals surface area contributed by atoms with Gasteiger partial charge in [0.15, 0.2) is 6.61 Å². The van der Waals surface area contributed by atoms with Gasteiger partial charge in [0.1, 0.15) is 16.3 Å². The van der Waals surface area contributed by atoms with Crippen molar-refractivity contribution in [2.45, 2.75) is 13.3 Å². The van der Waals surface area contributed by atoms with Crippen LogP contribution in [0.25, 0.3) is 11.1 Å². The van der Waals surface area contributed by atoms with Crippen LogP contribution in [0.5, 0.6) is 5.75 Å². The van der Waals surface area contributed by atoms with Gasteiger partial charge in [-0.3, -0.25) is 14.9 Å². The molecule has 3 aromatic rings. The summed E-state index contributed by atoms with van der Waals surface area (Å²) in [4.78, 5) is 34.9. The van der Waals surface area contributed by atoms with E-state index >= 15 is 0 Å². The Kier molecular flexibility index (Phi) is 6.99. The molecule has 0 spiro atoms. The maximum Gasteiger partial charge on any atom is 0.341 e. The second-order valence-corrected chi connectivity index (χ2v) is 7.36. The number of thiophene rings is 1. The molecule has 0 radical (unpaired) electrons. The highest BCUT2D eigenvalue weighted by molar-refractivity contribution is 7.15. The van der Waals surface area contributed by atoms with Crippen LogP contribution in [0, 0.1) is 10.1 Å². The molecule has 1 heterocycles. The molecule has 1 aromatic heterocycles. The van der Waals surface area contributed by atoms with Crippen LogP contribution in [0.2, 0.25) is 0 Å². The first-order chi connectivity index (χ1) is 14.9. The van der Waals surface area contributed by atoms with Crippen molar-refractivity contribution < 1.29 is 24.0 Å². The number of rotatable bonds is 8. The number of nitrogens with zero attached hydrogens (tertiary/aromatic N) is 1. The highest BCUT2D eigenvalue weighted by Crippen LogP contribution is 2.36. The Morgan fingerprint density at radius 3 is 2.35 bits per heavy atom. The second-order valence-electron chi connectivity index (χ2n) is 6.48. The molecule has 3 rings (SSSR count). The van der Waals surface area contributed by atoms with Crippen LogP contribution in [0.15, 0.2) is 53.9 Å². The van der Waals surface area contributed by atoms with Crippen molar-refractivity contribution in [2.24, 2.45) is 0 Å². The van der Waals surface area contributed by atoms with Gasteiger partial charge in [0.25, 0.3) is 11.6 Å². The van der Waals surface area contributed by atoms with Gasteiger partial charge in [-0.15, -0.1) is 11.3 Å². The number of hydrogen-bond acceptors (Lipinski definition) is 7. The third-order valence-electron chi connectivity index (χ3n) is 4.52. The molecule has 8 nitrogen and oxygen atoms in total. The first kappa shape index (κ1) is 22.0. The molecule has 0 saturated heterocycles. The lowest BCUT2D eigenvalue weighted by atomic mass is 10.0. The Morgan fingerprint density at radius 2 is 1.77 bits per heavy atom. The SMILES string of the molecule is CCc1ccc(-c2csc(NC(=O)COc3ccc([N+](=O)[O-])cc3)c2C(=O)OC)cc1. The Balaban J connectivity index is 1.74. The van der Waals surface area contributed by atoms with Gasteiger partial charge < -0.3 is 14.8 Å². The molecule has 31 heavy (non-hydrogen) atoms. The molecular formula is C22H20N2O6S. The number of non-ortho nitro benzene ring substituents is 1. The van der Waals surface area contributed by atoms with Gasteiger partial charge in [-0.05, 0) is 29.7 Å². The average Bonchev–Trinajstić information content (AvgIpc) is 3.20. The van der Waals surface area contributed by atoms with Crippen molar-refractivity contribution in [3.8, 4) is 16.9 Å². The van der Waals surface area contributed by atoms with Gasteiger partial charge >= 0.3 is 5.97 Å². The molecule has 9 heteroatoms. The fourth-order valence-corrected chi connectivity index (χ4v) is 3.84. The minimum absolute atomic E-state index is 0.0717. The zero-order valence-corrected chi connectivity index (χ0v) is 17.7. The van der Waals surface area contributed by atoms with Gasteiger partial charge in [-0.2, -0.15) is 0 Å². The molecule has 0 bridgehead atoms. The average molecular weight is 440 g/mol. The largest absolute Gasteiger partial charge is 0.484 e. The first-order valence-electron chi connectivity index (χ1n) is 9.39. The van der Waals surface area contributed by atoms with Crippen LogP contribution in [0.4, 0.5) is 10.7 Å². The summed E-state index contributed by atoms with van der Waals surface area (Å²) >= 11 is 1.22. The van der Waals surface area contributed by atoms with Gasteiger partial charge in [0.2, 0.25) is 0 Å². The maximum absolute atomic E-state index is 12.4. The second kappa shape index (κ2) is 9.86. The lowest BCUT2D eigenvalue weighted by molar-refractivity contribution is -0.384. The standard InChI is InChI=1S/C22H20N2O6S/c1-3-14-4-6-15(7-5-14)18-13-31-21(20(18)22(26)29-2)23-19(25)12-30-17-10-8-16(9-11-17)24(27)28/h4-11,13H,3,12H2,1-2H3,(H,23,25). The van der Waals surface area contributed by atoms with E-state index in [2.05, 4.69) is 12.2 Å². The van der Waals surface area contributed by atoms with Crippen LogP contribution in [-0.2, 0) is 16.0 Å². The molecule has 0 aliphatic rings. The summed E-state index contributed by atoms with van der Waals surface area (Å²) in [6.07, 6.45) is 0.907. The highest BCUT2D eigenvalue weighted by Gasteiger charge is 2.22. The number of anilines is 1. The molecule has 0 fully saturated rings. The van der Waals surface area contributed by atoms with E-state index in [1.807, 2.05) is 24.3 Å². The number of nitrogens with one attached hydrogen (secondary N) is 1. The first-order valence-corrected chi connectivity index (χ1v) is 10.3. The number of nitro benzene ring substituents is 1. The van der Waals surface area contributed by atoms with E-state index in [1.54, 1.807) is 5.38 Å². The fraction of sp³-hybridized carbons (Fsp3) is 0.182. The summed E-state index contributed by atoms with van der Waals surface area (Å²) in [6, 6.07) is 13.2. The number of carbonyl (C=O) groups excluding carboxylic acids is 2. The predicted molar refractivity (Wildman–Crippen MR) is 118 cm³/mol. The number of hydrogen-bond donors (Lipinski definition) is 1. The Morgan fingerprint density at radius 1 is 1.10 bits per heavy atom. The summed E-state index contributed by atoms with van der Waals surface area (Å²) in [5, 5.41) is 15.5. The van der Waals surface area contributed by atoms with Crippen LogP contribution in [0.3, 0.4) is 0 Å². The summed E-state index contributed by atoms with van der Waals surface area (Å²) in [5.41, 5.74) is 2.90. The van der Waals surface area contributed by atoms with E-state index in [-0.39, 0.29) is 17.9 Å². The Bertz CT molecular complexity index is 1090. The molecule has 1 amide bonds. The van der Waals surface area contributed by atoms with Crippen LogP contribution < -0.4 is 10.1 Å². The highest BCUT2D eigenvalue weighted by atomic mass is 32.1. The minimum Gasteiger partial charge on any atom is -0.484 e. The van der Waals surface area contributed by atoms with Crippen LogP contribution in [-0.4, -0.2) is 30.5 Å². The number of benzene rings is 2. The molecule has 0 aliphatic carbocycles. The monoisotopic (exact) mass is 440 g/mol.